The molecule has 1 heterocycles. The van der Waals surface area contributed by atoms with Crippen molar-refractivity contribution in [2.75, 3.05) is 13.6 Å². The summed E-state index contributed by atoms with van der Waals surface area (Å²) in [7, 11) is 2.19. The Labute approximate surface area is 155 Å². The largest absolute Gasteiger partial charge is 0.302 e. The maximum absolute atomic E-state index is 4.46. The van der Waals surface area contributed by atoms with Gasteiger partial charge < -0.3 is 4.90 Å². The van der Waals surface area contributed by atoms with E-state index in [1.165, 1.54) is 24.0 Å². The second-order valence-corrected chi connectivity index (χ2v) is 6.80. The van der Waals surface area contributed by atoms with E-state index in [2.05, 4.69) is 58.5 Å². The molecule has 0 fully saturated rings. The normalized spacial score (nSPS) is 11.2. The Morgan fingerprint density at radius 2 is 1.69 bits per heavy atom. The minimum atomic E-state index is 0.698. The van der Waals surface area contributed by atoms with Crippen LogP contribution >= 0.6 is 0 Å². The summed E-state index contributed by atoms with van der Waals surface area (Å²) < 4.78 is 0. The van der Waals surface area contributed by atoms with Gasteiger partial charge in [0, 0.05) is 12.1 Å². The fourth-order valence-corrected chi connectivity index (χ4v) is 3.01. The summed E-state index contributed by atoms with van der Waals surface area (Å²) in [5.41, 5.74) is 3.79. The summed E-state index contributed by atoms with van der Waals surface area (Å²) in [4.78, 5) is 4.10. The molecule has 0 radical (unpaired) electrons. The predicted molar refractivity (Wildman–Crippen MR) is 105 cm³/mol. The van der Waals surface area contributed by atoms with Crippen LogP contribution in [0.5, 0.6) is 0 Å². The van der Waals surface area contributed by atoms with E-state index in [-0.39, 0.29) is 0 Å². The molecule has 1 aromatic heterocycles. The summed E-state index contributed by atoms with van der Waals surface area (Å²) >= 11 is 0. The Balaban J connectivity index is 1.36. The maximum Gasteiger partial charge on any atom is 0.204 e. The smallest absolute Gasteiger partial charge is 0.204 e. The summed E-state index contributed by atoms with van der Waals surface area (Å²) in [6, 6.07) is 18.6. The molecular formula is C21H27N5. The lowest BCUT2D eigenvalue weighted by atomic mass is 10.1. The van der Waals surface area contributed by atoms with Crippen molar-refractivity contribution in [2.24, 2.45) is 0 Å². The molecule has 0 aliphatic carbocycles. The molecule has 0 spiro atoms. The van der Waals surface area contributed by atoms with Crippen molar-refractivity contribution < 1.29 is 0 Å². The van der Waals surface area contributed by atoms with E-state index >= 15 is 0 Å². The van der Waals surface area contributed by atoms with Crippen LogP contribution in [0, 0.1) is 6.92 Å². The number of aryl methyl sites for hydroxylation is 2. The Morgan fingerprint density at radius 1 is 0.923 bits per heavy atom. The van der Waals surface area contributed by atoms with Gasteiger partial charge in [0.2, 0.25) is 5.82 Å². The van der Waals surface area contributed by atoms with Crippen LogP contribution in [0.15, 0.2) is 54.6 Å². The van der Waals surface area contributed by atoms with E-state index in [0.717, 1.165) is 31.6 Å². The van der Waals surface area contributed by atoms with E-state index in [1.54, 1.807) is 4.80 Å². The number of hydrogen-bond acceptors (Lipinski definition) is 4. The number of aromatic nitrogens is 4. The highest BCUT2D eigenvalue weighted by Crippen LogP contribution is 2.12. The first-order chi connectivity index (χ1) is 12.7. The molecule has 0 unspecified atom stereocenters. The van der Waals surface area contributed by atoms with Gasteiger partial charge in [-0.05, 0) is 49.7 Å². The number of unbranched alkanes of at least 4 members (excludes halogenated alkanes) is 2. The standard InChI is InChI=1S/C21H27N5/c1-18-11-7-8-14-20(18)17-25(2)15-9-4-10-16-26-23-21(22-24-26)19-12-5-3-6-13-19/h3,5-8,11-14H,4,9-10,15-17H2,1-2H3. The molecule has 136 valence electrons. The molecule has 0 amide bonds. The van der Waals surface area contributed by atoms with E-state index in [9.17, 15) is 0 Å². The molecule has 0 bridgehead atoms. The molecule has 0 aliphatic heterocycles. The van der Waals surface area contributed by atoms with Crippen molar-refractivity contribution in [1.82, 2.24) is 25.1 Å². The number of hydrogen-bond donors (Lipinski definition) is 0. The third-order valence-electron chi connectivity index (χ3n) is 4.58. The lowest BCUT2D eigenvalue weighted by Crippen LogP contribution is -2.19. The molecule has 5 nitrogen and oxygen atoms in total. The molecule has 26 heavy (non-hydrogen) atoms. The quantitative estimate of drug-likeness (QED) is 0.549. The molecule has 5 heteroatoms. The van der Waals surface area contributed by atoms with Crippen molar-refractivity contribution in [3.63, 3.8) is 0 Å². The third kappa shape index (κ3) is 5.23. The maximum atomic E-state index is 4.46. The van der Waals surface area contributed by atoms with Crippen molar-refractivity contribution in [1.29, 1.82) is 0 Å². The van der Waals surface area contributed by atoms with Crippen LogP contribution in [-0.4, -0.2) is 38.7 Å². The zero-order valence-electron chi connectivity index (χ0n) is 15.7. The van der Waals surface area contributed by atoms with Crippen molar-refractivity contribution in [3.8, 4) is 11.4 Å². The zero-order valence-corrected chi connectivity index (χ0v) is 15.7. The second kappa shape index (κ2) is 9.25. The number of nitrogens with zero attached hydrogens (tertiary/aromatic N) is 5. The fraction of sp³-hybridized carbons (Fsp3) is 0.381. The number of rotatable bonds is 9. The molecule has 3 aromatic rings. The van der Waals surface area contributed by atoms with Gasteiger partial charge in [-0.2, -0.15) is 4.80 Å². The summed E-state index contributed by atoms with van der Waals surface area (Å²) in [6.45, 7) is 5.12. The first-order valence-electron chi connectivity index (χ1n) is 9.28. The Morgan fingerprint density at radius 3 is 2.50 bits per heavy atom. The molecule has 0 saturated heterocycles. The van der Waals surface area contributed by atoms with Crippen molar-refractivity contribution in [3.05, 3.63) is 65.7 Å². The Hall–Kier alpha value is -2.53. The third-order valence-corrected chi connectivity index (χ3v) is 4.58. The van der Waals surface area contributed by atoms with E-state index in [1.807, 2.05) is 30.3 Å². The zero-order chi connectivity index (χ0) is 18.2. The van der Waals surface area contributed by atoms with Crippen LogP contribution in [0.2, 0.25) is 0 Å². The molecule has 2 aromatic carbocycles. The van der Waals surface area contributed by atoms with Crippen LogP contribution in [0.4, 0.5) is 0 Å². The SMILES string of the molecule is Cc1ccccc1CN(C)CCCCCn1nnc(-c2ccccc2)n1. The van der Waals surface area contributed by atoms with Gasteiger partial charge in [0.05, 0.1) is 6.54 Å². The first kappa shape index (κ1) is 18.3. The molecule has 0 N–H and O–H groups in total. The van der Waals surface area contributed by atoms with Gasteiger partial charge in [0.15, 0.2) is 0 Å². The van der Waals surface area contributed by atoms with Gasteiger partial charge in [-0.15, -0.1) is 10.2 Å². The van der Waals surface area contributed by atoms with Gasteiger partial charge in [-0.25, -0.2) is 0 Å². The van der Waals surface area contributed by atoms with E-state index in [4.69, 9.17) is 0 Å². The van der Waals surface area contributed by atoms with Gasteiger partial charge >= 0.3 is 0 Å². The topological polar surface area (TPSA) is 46.8 Å². The fourth-order valence-electron chi connectivity index (χ4n) is 3.01. The van der Waals surface area contributed by atoms with E-state index < -0.39 is 0 Å². The highest BCUT2D eigenvalue weighted by molar-refractivity contribution is 5.52. The molecule has 0 saturated carbocycles. The van der Waals surface area contributed by atoms with Crippen LogP contribution in [0.25, 0.3) is 11.4 Å². The predicted octanol–water partition coefficient (Wildman–Crippen LogP) is 3.95. The van der Waals surface area contributed by atoms with E-state index in [0.29, 0.717) is 5.82 Å². The molecular weight excluding hydrogens is 322 g/mol. The summed E-state index contributed by atoms with van der Waals surface area (Å²) in [6.07, 6.45) is 3.42. The molecule has 0 aliphatic rings. The van der Waals surface area contributed by atoms with Gasteiger partial charge in [0.25, 0.3) is 0 Å². The summed E-state index contributed by atoms with van der Waals surface area (Å²) in [5.74, 6) is 0.698. The number of tetrazole rings is 1. The minimum absolute atomic E-state index is 0.698. The minimum Gasteiger partial charge on any atom is -0.302 e. The first-order valence-corrected chi connectivity index (χ1v) is 9.28. The molecule has 0 atom stereocenters. The van der Waals surface area contributed by atoms with Crippen LogP contribution in [-0.2, 0) is 13.1 Å². The van der Waals surface area contributed by atoms with Gasteiger partial charge in [-0.1, -0.05) is 61.0 Å². The average molecular weight is 349 g/mol. The highest BCUT2D eigenvalue weighted by Gasteiger charge is 2.05. The molecule has 3 rings (SSSR count). The van der Waals surface area contributed by atoms with Crippen LogP contribution < -0.4 is 0 Å². The summed E-state index contributed by atoms with van der Waals surface area (Å²) in [5, 5.41) is 12.8. The van der Waals surface area contributed by atoms with Gasteiger partial charge in [-0.3, -0.25) is 0 Å². The lowest BCUT2D eigenvalue weighted by Gasteiger charge is -2.17. The van der Waals surface area contributed by atoms with Crippen LogP contribution in [0.3, 0.4) is 0 Å². The Kier molecular flexibility index (Phi) is 6.50. The average Bonchev–Trinajstić information content (AvgIpc) is 3.13. The van der Waals surface area contributed by atoms with Gasteiger partial charge in [0.1, 0.15) is 0 Å². The van der Waals surface area contributed by atoms with Crippen molar-refractivity contribution >= 4 is 0 Å². The second-order valence-electron chi connectivity index (χ2n) is 6.80. The monoisotopic (exact) mass is 349 g/mol. The van der Waals surface area contributed by atoms with Crippen molar-refractivity contribution in [2.45, 2.75) is 39.3 Å². The van der Waals surface area contributed by atoms with Crippen LogP contribution in [0.1, 0.15) is 30.4 Å². The lowest BCUT2D eigenvalue weighted by molar-refractivity contribution is 0.314. The number of benzene rings is 2. The highest BCUT2D eigenvalue weighted by atomic mass is 15.6. The Bertz CT molecular complexity index is 797.